The molecule has 2 aromatic rings. The Morgan fingerprint density at radius 1 is 1.32 bits per heavy atom. The number of hydrogen-bond acceptors (Lipinski definition) is 2. The van der Waals surface area contributed by atoms with E-state index in [1.165, 1.54) is 5.56 Å². The Morgan fingerprint density at radius 2 is 2.05 bits per heavy atom. The molecular weight excluding hydrogens is 389 g/mol. The third-order valence-electron chi connectivity index (χ3n) is 3.31. The first-order chi connectivity index (χ1) is 10.2. The van der Waals surface area contributed by atoms with Crippen molar-refractivity contribution in [2.24, 2.45) is 17.8 Å². The van der Waals surface area contributed by atoms with Gasteiger partial charge in [0.1, 0.15) is 0 Å². The van der Waals surface area contributed by atoms with Crippen LogP contribution in [0.3, 0.4) is 0 Å². The van der Waals surface area contributed by atoms with Gasteiger partial charge in [0.2, 0.25) is 0 Å². The fourth-order valence-corrected chi connectivity index (χ4v) is 2.22. The van der Waals surface area contributed by atoms with Gasteiger partial charge < -0.3 is 11.1 Å². The van der Waals surface area contributed by atoms with Gasteiger partial charge in [0.05, 0.1) is 12.2 Å². The van der Waals surface area contributed by atoms with Crippen LogP contribution in [0.25, 0.3) is 0 Å². The lowest BCUT2D eigenvalue weighted by Gasteiger charge is -2.05. The molecule has 0 spiro atoms. The molecule has 0 saturated carbocycles. The molecule has 0 unspecified atom stereocenters. The lowest BCUT2D eigenvalue weighted by molar-refractivity contribution is 0.746. The summed E-state index contributed by atoms with van der Waals surface area (Å²) in [6.07, 6.45) is 3.84. The second-order valence-electron chi connectivity index (χ2n) is 4.99. The Labute approximate surface area is 149 Å². The lowest BCUT2D eigenvalue weighted by Crippen LogP contribution is -2.33. The van der Waals surface area contributed by atoms with Gasteiger partial charge >= 0.3 is 0 Å². The van der Waals surface area contributed by atoms with E-state index in [0.29, 0.717) is 12.5 Å². The predicted molar refractivity (Wildman–Crippen MR) is 101 cm³/mol. The number of guanidine groups is 1. The molecule has 0 aliphatic heterocycles. The number of halogens is 1. The number of aromatic nitrogens is 2. The molecule has 3 N–H and O–H groups in total. The number of aliphatic imine (C=N–C) groups is 1. The van der Waals surface area contributed by atoms with E-state index in [9.17, 15) is 0 Å². The molecule has 1 aromatic heterocycles. The first-order valence-corrected chi connectivity index (χ1v) is 7.28. The molecule has 6 heteroatoms. The smallest absolute Gasteiger partial charge is 0.188 e. The molecule has 0 bridgehead atoms. The van der Waals surface area contributed by atoms with Crippen molar-refractivity contribution >= 4 is 29.9 Å². The standard InChI is InChI=1S/C16H23N5.HI/c1-3-15-14(12-21(2)20-15)11-19-16(17)18-10-9-13-7-5-4-6-8-13;/h4-8,12H,3,9-11H2,1-2H3,(H3,17,18,19);1H. The Bertz CT molecular complexity index is 592. The first kappa shape index (κ1) is 18.5. The van der Waals surface area contributed by atoms with Crippen LogP contribution in [0.15, 0.2) is 41.5 Å². The molecule has 2 rings (SSSR count). The maximum atomic E-state index is 5.90. The second-order valence-corrected chi connectivity index (χ2v) is 4.99. The predicted octanol–water partition coefficient (Wildman–Crippen LogP) is 2.25. The molecule has 1 aromatic carbocycles. The largest absolute Gasteiger partial charge is 0.370 e. The van der Waals surface area contributed by atoms with Crippen molar-refractivity contribution in [3.05, 3.63) is 53.3 Å². The van der Waals surface area contributed by atoms with E-state index in [-0.39, 0.29) is 24.0 Å². The molecule has 0 aliphatic rings. The third kappa shape index (κ3) is 5.67. The van der Waals surface area contributed by atoms with Gasteiger partial charge in [-0.05, 0) is 18.4 Å². The van der Waals surface area contributed by atoms with E-state index in [1.54, 1.807) is 0 Å². The number of nitrogens with two attached hydrogens (primary N) is 1. The van der Waals surface area contributed by atoms with E-state index in [2.05, 4.69) is 34.5 Å². The van der Waals surface area contributed by atoms with Crippen LogP contribution in [-0.2, 0) is 26.4 Å². The van der Waals surface area contributed by atoms with Crippen molar-refractivity contribution < 1.29 is 0 Å². The number of benzene rings is 1. The molecule has 120 valence electrons. The van der Waals surface area contributed by atoms with E-state index >= 15 is 0 Å². The van der Waals surface area contributed by atoms with Gasteiger partial charge in [0, 0.05) is 25.4 Å². The monoisotopic (exact) mass is 413 g/mol. The Hall–Kier alpha value is -1.57. The summed E-state index contributed by atoms with van der Waals surface area (Å²) in [4.78, 5) is 4.38. The highest BCUT2D eigenvalue weighted by molar-refractivity contribution is 14.0. The Kier molecular flexibility index (Phi) is 7.94. The highest BCUT2D eigenvalue weighted by Crippen LogP contribution is 2.08. The minimum absolute atomic E-state index is 0. The number of nitrogens with zero attached hydrogens (tertiary/aromatic N) is 3. The summed E-state index contributed by atoms with van der Waals surface area (Å²) in [5.74, 6) is 0.483. The average Bonchev–Trinajstić information content (AvgIpc) is 2.86. The normalized spacial score (nSPS) is 11.1. The van der Waals surface area contributed by atoms with Crippen molar-refractivity contribution in [2.75, 3.05) is 6.54 Å². The zero-order valence-corrected chi connectivity index (χ0v) is 15.5. The first-order valence-electron chi connectivity index (χ1n) is 7.28. The Morgan fingerprint density at radius 3 is 2.73 bits per heavy atom. The highest BCUT2D eigenvalue weighted by Gasteiger charge is 2.04. The van der Waals surface area contributed by atoms with Crippen LogP contribution in [-0.4, -0.2) is 22.3 Å². The fourth-order valence-electron chi connectivity index (χ4n) is 2.22. The molecule has 22 heavy (non-hydrogen) atoms. The summed E-state index contributed by atoms with van der Waals surface area (Å²) >= 11 is 0. The molecule has 0 saturated heterocycles. The van der Waals surface area contributed by atoms with Gasteiger partial charge in [-0.1, -0.05) is 37.3 Å². The maximum Gasteiger partial charge on any atom is 0.188 e. The topological polar surface area (TPSA) is 68.2 Å². The minimum Gasteiger partial charge on any atom is -0.370 e. The van der Waals surface area contributed by atoms with Gasteiger partial charge in [-0.2, -0.15) is 5.10 Å². The van der Waals surface area contributed by atoms with Crippen LogP contribution in [0, 0.1) is 0 Å². The molecule has 0 aliphatic carbocycles. The molecule has 0 atom stereocenters. The van der Waals surface area contributed by atoms with Crippen LogP contribution in [0.4, 0.5) is 0 Å². The van der Waals surface area contributed by atoms with Crippen LogP contribution in [0.2, 0.25) is 0 Å². The SMILES string of the molecule is CCc1nn(C)cc1CN=C(N)NCCc1ccccc1.I. The summed E-state index contributed by atoms with van der Waals surface area (Å²) in [7, 11) is 1.92. The molecule has 0 amide bonds. The van der Waals surface area contributed by atoms with Gasteiger partial charge in [-0.3, -0.25) is 4.68 Å². The Balaban J connectivity index is 0.00000242. The summed E-state index contributed by atoms with van der Waals surface area (Å²) < 4.78 is 1.82. The van der Waals surface area contributed by atoms with Crippen molar-refractivity contribution in [3.63, 3.8) is 0 Å². The molecule has 1 heterocycles. The van der Waals surface area contributed by atoms with Crippen LogP contribution < -0.4 is 11.1 Å². The van der Waals surface area contributed by atoms with Crippen molar-refractivity contribution in [3.8, 4) is 0 Å². The summed E-state index contributed by atoms with van der Waals surface area (Å²) in [5.41, 5.74) is 9.40. The van der Waals surface area contributed by atoms with Crippen LogP contribution in [0.5, 0.6) is 0 Å². The lowest BCUT2D eigenvalue weighted by atomic mass is 10.1. The maximum absolute atomic E-state index is 5.90. The van der Waals surface area contributed by atoms with Gasteiger partial charge in [0.25, 0.3) is 0 Å². The van der Waals surface area contributed by atoms with Gasteiger partial charge in [-0.15, -0.1) is 24.0 Å². The fraction of sp³-hybridized carbons (Fsp3) is 0.375. The van der Waals surface area contributed by atoms with Crippen molar-refractivity contribution in [1.29, 1.82) is 0 Å². The van der Waals surface area contributed by atoms with Gasteiger partial charge in [0.15, 0.2) is 5.96 Å². The third-order valence-corrected chi connectivity index (χ3v) is 3.31. The van der Waals surface area contributed by atoms with E-state index < -0.39 is 0 Å². The molecular formula is C16H24IN5. The quantitative estimate of drug-likeness (QED) is 0.434. The minimum atomic E-state index is 0. The number of rotatable bonds is 6. The van der Waals surface area contributed by atoms with Gasteiger partial charge in [-0.25, -0.2) is 4.99 Å². The average molecular weight is 413 g/mol. The molecule has 0 radical (unpaired) electrons. The van der Waals surface area contributed by atoms with E-state index in [4.69, 9.17) is 5.73 Å². The zero-order chi connectivity index (χ0) is 15.1. The zero-order valence-electron chi connectivity index (χ0n) is 13.1. The van der Waals surface area contributed by atoms with E-state index in [0.717, 1.165) is 30.6 Å². The second kappa shape index (κ2) is 9.45. The van der Waals surface area contributed by atoms with Crippen LogP contribution >= 0.6 is 24.0 Å². The van der Waals surface area contributed by atoms with Crippen molar-refractivity contribution in [1.82, 2.24) is 15.1 Å². The number of hydrogen-bond donors (Lipinski definition) is 2. The van der Waals surface area contributed by atoms with E-state index in [1.807, 2.05) is 36.1 Å². The number of nitrogens with one attached hydrogen (secondary N) is 1. The highest BCUT2D eigenvalue weighted by atomic mass is 127. The summed E-state index contributed by atoms with van der Waals surface area (Å²) in [5, 5.41) is 7.54. The summed E-state index contributed by atoms with van der Waals surface area (Å²) in [6.45, 7) is 3.45. The molecule has 5 nitrogen and oxygen atoms in total. The molecule has 0 fully saturated rings. The summed E-state index contributed by atoms with van der Waals surface area (Å²) in [6, 6.07) is 10.3. The van der Waals surface area contributed by atoms with Crippen LogP contribution in [0.1, 0.15) is 23.7 Å². The van der Waals surface area contributed by atoms with Crippen molar-refractivity contribution in [2.45, 2.75) is 26.3 Å². The number of aryl methyl sites for hydroxylation is 2.